The largest absolute Gasteiger partial charge is 1.00 e. The van der Waals surface area contributed by atoms with Gasteiger partial charge in [-0.25, -0.2) is 0 Å². The average molecular weight is 999 g/mol. The Balaban J connectivity index is 0.00000360. The van der Waals surface area contributed by atoms with E-state index in [1.807, 2.05) is 0 Å². The molecule has 3 heteroatoms. The first-order chi connectivity index (χ1) is 29.3. The first kappa shape index (κ1) is 52.5. The Bertz CT molecular complexity index is 2560. The molecule has 1 unspecified atom stereocenters. The molecule has 0 amide bonds. The molecule has 66 heavy (non-hydrogen) atoms. The molecule has 0 nitrogen and oxygen atoms in total. The number of halogens is 2. The van der Waals surface area contributed by atoms with Crippen molar-refractivity contribution in [1.82, 2.24) is 0 Å². The maximum atomic E-state index is 2.75. The van der Waals surface area contributed by atoms with Crippen LogP contribution in [0.1, 0.15) is 204 Å². The van der Waals surface area contributed by atoms with Gasteiger partial charge in [-0.15, -0.1) is 0 Å². The summed E-state index contributed by atoms with van der Waals surface area (Å²) in [6.45, 7) is 48.1. The molecule has 0 bridgehead atoms. The van der Waals surface area contributed by atoms with Crippen LogP contribution in [-0.2, 0) is 42.9 Å². The standard InChI is InChI=1S/C31H37.C21H26.C11H17.2ClH.Zr/c1-28(2,3)26-16-30(7,8)24-12-18-11-19-13-25-23(15-21(19)20(18)14-22(24)26)27(29(4,5)6)17-31(25,9)10;1-20(2,3)18-11-7-16(8-12-18)15-17-9-13-19(14-10-17)21(4,5)6;1-5-9-6-7-10(8-9)11(2,3)4;;;/h11-17H,1-10H3;7-14H,1-6H3;7-9H,5H2,1-4H3;2*1H;/q;;;;;+2/p-2. The molecule has 0 aromatic heterocycles. The molecule has 0 aliphatic heterocycles. The van der Waals surface area contributed by atoms with E-state index in [9.17, 15) is 0 Å². The second kappa shape index (κ2) is 17.2. The van der Waals surface area contributed by atoms with Crippen molar-refractivity contribution in [2.75, 3.05) is 0 Å². The van der Waals surface area contributed by atoms with Gasteiger partial charge in [0.2, 0.25) is 0 Å². The number of rotatable bonds is 5. The number of hydrogen-bond acceptors (Lipinski definition) is 0. The van der Waals surface area contributed by atoms with Gasteiger partial charge in [-0.05, 0) is 0 Å². The van der Waals surface area contributed by atoms with E-state index in [0.717, 1.165) is 6.42 Å². The van der Waals surface area contributed by atoms with Crippen LogP contribution in [-0.4, -0.2) is 3.21 Å². The van der Waals surface area contributed by atoms with Crippen molar-refractivity contribution in [3.63, 3.8) is 0 Å². The zero-order valence-electron chi connectivity index (χ0n) is 44.4. The second-order valence-corrected chi connectivity index (χ2v) is 32.5. The summed E-state index contributed by atoms with van der Waals surface area (Å²) in [7, 11) is 0. The van der Waals surface area contributed by atoms with E-state index in [1.54, 1.807) is 17.6 Å². The molecular weight excluding hydrogens is 919 g/mol. The summed E-state index contributed by atoms with van der Waals surface area (Å²) in [6.07, 6.45) is 11.8. The smallest absolute Gasteiger partial charge is 1.00 e. The fourth-order valence-electron chi connectivity index (χ4n) is 11.4. The van der Waals surface area contributed by atoms with Gasteiger partial charge in [0.25, 0.3) is 0 Å². The summed E-state index contributed by atoms with van der Waals surface area (Å²) in [5.74, 6) is 0.425. The van der Waals surface area contributed by atoms with E-state index in [4.69, 9.17) is 0 Å². The fraction of sp³-hybridized carbons (Fsp3) is 0.476. The van der Waals surface area contributed by atoms with Gasteiger partial charge in [0.15, 0.2) is 0 Å². The summed E-state index contributed by atoms with van der Waals surface area (Å²) in [4.78, 5) is 0. The van der Waals surface area contributed by atoms with Gasteiger partial charge in [-0.2, -0.15) is 0 Å². The molecule has 4 aliphatic rings. The Hall–Kier alpha value is -2.83. The third-order valence-corrected chi connectivity index (χ3v) is 23.7. The van der Waals surface area contributed by atoms with Crippen LogP contribution in [0.3, 0.4) is 0 Å². The van der Waals surface area contributed by atoms with Crippen LogP contribution in [0.2, 0.25) is 0 Å². The molecular formula is C63H80Cl2Zr. The molecule has 4 aromatic rings. The zero-order valence-corrected chi connectivity index (χ0v) is 48.3. The third kappa shape index (κ3) is 9.20. The average Bonchev–Trinajstić information content (AvgIpc) is 3.89. The fourth-order valence-corrected chi connectivity index (χ4v) is 21.1. The van der Waals surface area contributed by atoms with E-state index in [2.05, 4.69) is 236 Å². The van der Waals surface area contributed by atoms with E-state index >= 15 is 0 Å². The van der Waals surface area contributed by atoms with Crippen molar-refractivity contribution in [1.29, 1.82) is 0 Å². The van der Waals surface area contributed by atoms with Crippen molar-refractivity contribution in [2.45, 2.75) is 170 Å². The van der Waals surface area contributed by atoms with Gasteiger partial charge in [0.1, 0.15) is 0 Å². The van der Waals surface area contributed by atoms with E-state index in [0.29, 0.717) is 9.54 Å². The van der Waals surface area contributed by atoms with Crippen LogP contribution in [0.15, 0.2) is 106 Å². The van der Waals surface area contributed by atoms with Gasteiger partial charge >= 0.3 is 401 Å². The Morgan fingerprint density at radius 2 is 0.879 bits per heavy atom. The van der Waals surface area contributed by atoms with Crippen LogP contribution in [0.25, 0.3) is 22.3 Å². The predicted molar refractivity (Wildman–Crippen MR) is 278 cm³/mol. The van der Waals surface area contributed by atoms with Crippen LogP contribution in [0.5, 0.6) is 0 Å². The summed E-state index contributed by atoms with van der Waals surface area (Å²) < 4.78 is 3.71. The van der Waals surface area contributed by atoms with Crippen molar-refractivity contribution >= 4 is 14.4 Å². The minimum absolute atomic E-state index is 0. The number of benzene rings is 4. The Morgan fingerprint density at radius 1 is 0.500 bits per heavy atom. The predicted octanol–water partition coefficient (Wildman–Crippen LogP) is 11.6. The molecule has 1 atom stereocenters. The summed E-state index contributed by atoms with van der Waals surface area (Å²) in [5.41, 5.74) is 22.3. The SMILES string of the molecule is CCC1C=C(C(C)(C)C)C=[C]1[Zr+2](=[C](c1ccc(C(C)(C)C)cc1)c1ccc(C(C)(C)C)cc1)[CH]1c2cc3c(cc2-c2cc4c(cc21)C(C)(C)C=C4C(C)(C)C)C(C(C)(C)C)=CC3(C)C.[Cl-].[Cl-]. The summed E-state index contributed by atoms with van der Waals surface area (Å²) in [6, 6.07) is 30.7. The van der Waals surface area contributed by atoms with Crippen LogP contribution < -0.4 is 24.8 Å². The minimum atomic E-state index is -3.19. The van der Waals surface area contributed by atoms with Crippen molar-refractivity contribution in [3.8, 4) is 11.1 Å². The Labute approximate surface area is 422 Å². The van der Waals surface area contributed by atoms with Crippen molar-refractivity contribution in [3.05, 3.63) is 162 Å². The summed E-state index contributed by atoms with van der Waals surface area (Å²) >= 11 is -3.19. The Morgan fingerprint density at radius 3 is 1.20 bits per heavy atom. The van der Waals surface area contributed by atoms with Gasteiger partial charge in [0, 0.05) is 0 Å². The number of hydrogen-bond donors (Lipinski definition) is 0. The molecule has 0 saturated heterocycles. The molecule has 8 rings (SSSR count). The van der Waals surface area contributed by atoms with Gasteiger partial charge in [0.05, 0.1) is 0 Å². The molecule has 0 spiro atoms. The monoisotopic (exact) mass is 996 g/mol. The third-order valence-electron chi connectivity index (χ3n) is 15.2. The molecule has 350 valence electrons. The minimum Gasteiger partial charge on any atom is -1.00 e. The first-order valence-electron chi connectivity index (χ1n) is 24.6. The van der Waals surface area contributed by atoms with Crippen LogP contribution in [0.4, 0.5) is 0 Å². The van der Waals surface area contributed by atoms with E-state index < -0.39 is 21.3 Å². The first-order valence-corrected chi connectivity index (χ1v) is 28.5. The van der Waals surface area contributed by atoms with E-state index in [1.165, 1.54) is 72.4 Å². The normalized spacial score (nSPS) is 18.4. The summed E-state index contributed by atoms with van der Waals surface area (Å²) in [5, 5.41) is 0. The second-order valence-electron chi connectivity index (χ2n) is 26.4. The number of fused-ring (bicyclic) bond motifs is 5. The number of allylic oxidation sites excluding steroid dienone is 8. The molecule has 0 fully saturated rings. The van der Waals surface area contributed by atoms with Gasteiger partial charge in [-0.1, -0.05) is 0 Å². The molecule has 0 saturated carbocycles. The van der Waals surface area contributed by atoms with Gasteiger partial charge < -0.3 is 24.8 Å². The van der Waals surface area contributed by atoms with Crippen molar-refractivity contribution in [2.24, 2.45) is 22.2 Å². The molecule has 0 N–H and O–H groups in total. The van der Waals surface area contributed by atoms with E-state index in [-0.39, 0.29) is 62.7 Å². The van der Waals surface area contributed by atoms with Crippen LogP contribution in [0, 0.1) is 22.2 Å². The molecule has 4 aromatic carbocycles. The van der Waals surface area contributed by atoms with Gasteiger partial charge in [-0.3, -0.25) is 0 Å². The topological polar surface area (TPSA) is 0 Å². The van der Waals surface area contributed by atoms with Crippen molar-refractivity contribution < 1.29 is 46.1 Å². The van der Waals surface area contributed by atoms with Crippen LogP contribution >= 0.6 is 0 Å². The molecule has 0 heterocycles. The quantitative estimate of drug-likeness (QED) is 0.187. The molecule has 4 aliphatic carbocycles. The zero-order chi connectivity index (χ0) is 47.1. The maximum absolute atomic E-state index is 3.19. The maximum Gasteiger partial charge on any atom is -1.00 e. The Kier molecular flexibility index (Phi) is 13.7. The molecule has 0 radical (unpaired) electrons.